The van der Waals surface area contributed by atoms with E-state index in [2.05, 4.69) is 0 Å². The lowest BCUT2D eigenvalue weighted by molar-refractivity contribution is 0.00578. The lowest BCUT2D eigenvalue weighted by Gasteiger charge is -2.32. The Morgan fingerprint density at radius 3 is 2.16 bits per heavy atom. The van der Waals surface area contributed by atoms with Gasteiger partial charge in [-0.05, 0) is 57.9 Å². The number of ether oxygens (including phenoxy) is 1. The van der Waals surface area contributed by atoms with E-state index < -0.39 is 18.3 Å². The number of hydrogen-bond acceptors (Lipinski definition) is 3. The van der Waals surface area contributed by atoms with Crippen molar-refractivity contribution in [1.82, 2.24) is 0 Å². The van der Waals surface area contributed by atoms with Crippen LogP contribution in [0.2, 0.25) is 0 Å². The standard InChI is InChI=1S/C20H24BFO3/c1-14-16(22)11-12-17(23-13-15-9-7-6-8-10-15)18(14)21-24-19(2,3)20(4,5)25-21/h6-12H,13H2,1-5H3. The maximum atomic E-state index is 14.2. The van der Waals surface area contributed by atoms with Crippen LogP contribution in [-0.2, 0) is 15.9 Å². The second-order valence-corrected chi connectivity index (χ2v) is 7.45. The van der Waals surface area contributed by atoms with Crippen molar-refractivity contribution in [2.75, 3.05) is 0 Å². The van der Waals surface area contributed by atoms with Gasteiger partial charge in [-0.2, -0.15) is 0 Å². The Hall–Kier alpha value is -1.85. The van der Waals surface area contributed by atoms with Gasteiger partial charge in [0, 0.05) is 5.46 Å². The third-order valence-corrected chi connectivity index (χ3v) is 5.13. The number of halogens is 1. The monoisotopic (exact) mass is 342 g/mol. The van der Waals surface area contributed by atoms with Crippen LogP contribution >= 0.6 is 0 Å². The summed E-state index contributed by atoms with van der Waals surface area (Å²) >= 11 is 0. The summed E-state index contributed by atoms with van der Waals surface area (Å²) < 4.78 is 32.4. The quantitative estimate of drug-likeness (QED) is 0.786. The van der Waals surface area contributed by atoms with Gasteiger partial charge in [0.1, 0.15) is 18.2 Å². The molecule has 1 fully saturated rings. The molecule has 0 amide bonds. The molecule has 5 heteroatoms. The van der Waals surface area contributed by atoms with Crippen molar-refractivity contribution in [3.63, 3.8) is 0 Å². The van der Waals surface area contributed by atoms with E-state index >= 15 is 0 Å². The van der Waals surface area contributed by atoms with E-state index in [1.165, 1.54) is 6.07 Å². The lowest BCUT2D eigenvalue weighted by atomic mass is 9.75. The smallest absolute Gasteiger partial charge is 0.489 e. The van der Waals surface area contributed by atoms with Crippen LogP contribution in [-0.4, -0.2) is 18.3 Å². The fraction of sp³-hybridized carbons (Fsp3) is 0.400. The molecule has 0 spiro atoms. The molecule has 1 aliphatic heterocycles. The minimum atomic E-state index is -0.661. The molecule has 0 radical (unpaired) electrons. The van der Waals surface area contributed by atoms with Crippen LogP contribution in [0.1, 0.15) is 38.8 Å². The zero-order valence-electron chi connectivity index (χ0n) is 15.4. The largest absolute Gasteiger partial charge is 0.499 e. The van der Waals surface area contributed by atoms with Crippen LogP contribution < -0.4 is 10.2 Å². The maximum absolute atomic E-state index is 14.2. The van der Waals surface area contributed by atoms with Crippen molar-refractivity contribution in [3.05, 3.63) is 59.4 Å². The van der Waals surface area contributed by atoms with E-state index in [4.69, 9.17) is 14.0 Å². The number of benzene rings is 2. The van der Waals surface area contributed by atoms with Gasteiger partial charge in [0.25, 0.3) is 0 Å². The molecule has 1 saturated heterocycles. The van der Waals surface area contributed by atoms with Gasteiger partial charge < -0.3 is 14.0 Å². The van der Waals surface area contributed by atoms with Gasteiger partial charge in [-0.25, -0.2) is 4.39 Å². The molecule has 3 rings (SSSR count). The van der Waals surface area contributed by atoms with Gasteiger partial charge in [-0.1, -0.05) is 30.3 Å². The first-order chi connectivity index (χ1) is 11.7. The highest BCUT2D eigenvalue weighted by Gasteiger charge is 2.53. The summed E-state index contributed by atoms with van der Waals surface area (Å²) in [6.45, 7) is 10.0. The highest BCUT2D eigenvalue weighted by molar-refractivity contribution is 6.63. The van der Waals surface area contributed by atoms with Crippen LogP contribution in [0.25, 0.3) is 0 Å². The van der Waals surface area contributed by atoms with Gasteiger partial charge in [0.05, 0.1) is 11.2 Å². The first-order valence-electron chi connectivity index (χ1n) is 8.53. The summed E-state index contributed by atoms with van der Waals surface area (Å²) in [5.74, 6) is 0.290. The first kappa shape index (κ1) is 18.0. The van der Waals surface area contributed by atoms with E-state index in [0.717, 1.165) is 5.56 Å². The first-order valence-corrected chi connectivity index (χ1v) is 8.53. The Morgan fingerprint density at radius 2 is 1.56 bits per heavy atom. The van der Waals surface area contributed by atoms with E-state index in [0.29, 0.717) is 23.4 Å². The fourth-order valence-corrected chi connectivity index (χ4v) is 2.79. The van der Waals surface area contributed by atoms with E-state index in [1.54, 1.807) is 13.0 Å². The Labute approximate surface area is 149 Å². The molecule has 0 saturated carbocycles. The molecule has 0 bridgehead atoms. The summed E-state index contributed by atoms with van der Waals surface area (Å²) in [4.78, 5) is 0. The predicted molar refractivity (Wildman–Crippen MR) is 97.6 cm³/mol. The summed E-state index contributed by atoms with van der Waals surface area (Å²) in [5.41, 5.74) is 1.17. The van der Waals surface area contributed by atoms with Crippen molar-refractivity contribution < 1.29 is 18.4 Å². The zero-order chi connectivity index (χ0) is 18.2. The average molecular weight is 342 g/mol. The molecule has 0 aromatic heterocycles. The molecule has 1 aliphatic rings. The molecular formula is C20H24BFO3. The molecule has 132 valence electrons. The summed E-state index contributed by atoms with van der Waals surface area (Å²) in [5, 5.41) is 0. The molecule has 2 aromatic rings. The SMILES string of the molecule is Cc1c(F)ccc(OCc2ccccc2)c1B1OC(C)(C)C(C)(C)O1. The van der Waals surface area contributed by atoms with Crippen molar-refractivity contribution in [1.29, 1.82) is 0 Å². The second-order valence-electron chi connectivity index (χ2n) is 7.45. The van der Waals surface area contributed by atoms with Gasteiger partial charge in [-0.3, -0.25) is 0 Å². The van der Waals surface area contributed by atoms with Gasteiger partial charge in [-0.15, -0.1) is 0 Å². The number of hydrogen-bond donors (Lipinski definition) is 0. The molecule has 3 nitrogen and oxygen atoms in total. The van der Waals surface area contributed by atoms with Crippen molar-refractivity contribution in [2.24, 2.45) is 0 Å². The molecule has 0 N–H and O–H groups in total. The van der Waals surface area contributed by atoms with Crippen LogP contribution in [0, 0.1) is 12.7 Å². The molecule has 1 heterocycles. The minimum absolute atomic E-state index is 0.295. The average Bonchev–Trinajstić information content (AvgIpc) is 2.77. The maximum Gasteiger partial charge on any atom is 0.499 e. The van der Waals surface area contributed by atoms with Crippen LogP contribution in [0.5, 0.6) is 5.75 Å². The van der Waals surface area contributed by atoms with Crippen molar-refractivity contribution >= 4 is 12.6 Å². The minimum Gasteiger partial charge on any atom is -0.489 e. The highest BCUT2D eigenvalue weighted by atomic mass is 19.1. The normalized spacial score (nSPS) is 18.4. The van der Waals surface area contributed by atoms with Gasteiger partial charge in [0.15, 0.2) is 0 Å². The zero-order valence-corrected chi connectivity index (χ0v) is 15.4. The predicted octanol–water partition coefficient (Wildman–Crippen LogP) is 4.01. The lowest BCUT2D eigenvalue weighted by Crippen LogP contribution is -2.41. The van der Waals surface area contributed by atoms with Crippen molar-refractivity contribution in [2.45, 2.75) is 52.4 Å². The van der Waals surface area contributed by atoms with Crippen molar-refractivity contribution in [3.8, 4) is 5.75 Å². The van der Waals surface area contributed by atoms with Gasteiger partial charge in [0.2, 0.25) is 0 Å². The number of rotatable bonds is 4. The van der Waals surface area contributed by atoms with Crippen LogP contribution in [0.15, 0.2) is 42.5 Å². The van der Waals surface area contributed by atoms with E-state index in [-0.39, 0.29) is 5.82 Å². The summed E-state index contributed by atoms with van der Waals surface area (Å²) in [7, 11) is -0.661. The van der Waals surface area contributed by atoms with Crippen LogP contribution in [0.4, 0.5) is 4.39 Å². The fourth-order valence-electron chi connectivity index (χ4n) is 2.79. The molecular weight excluding hydrogens is 318 g/mol. The molecule has 0 aliphatic carbocycles. The second kappa shape index (κ2) is 6.47. The van der Waals surface area contributed by atoms with E-state index in [1.807, 2.05) is 58.0 Å². The Morgan fingerprint density at radius 1 is 0.960 bits per heavy atom. The Bertz CT molecular complexity index is 743. The Kier molecular flexibility index (Phi) is 4.65. The third-order valence-electron chi connectivity index (χ3n) is 5.13. The molecule has 2 aromatic carbocycles. The molecule has 0 atom stereocenters. The third kappa shape index (κ3) is 3.44. The van der Waals surface area contributed by atoms with E-state index in [9.17, 15) is 4.39 Å². The Balaban J connectivity index is 1.92. The van der Waals surface area contributed by atoms with Crippen LogP contribution in [0.3, 0.4) is 0 Å². The summed E-state index contributed by atoms with van der Waals surface area (Å²) in [6.07, 6.45) is 0. The molecule has 0 unspecified atom stereocenters. The topological polar surface area (TPSA) is 27.7 Å². The molecule has 25 heavy (non-hydrogen) atoms. The summed E-state index contributed by atoms with van der Waals surface area (Å²) in [6, 6.07) is 12.9. The van der Waals surface area contributed by atoms with Gasteiger partial charge >= 0.3 is 7.12 Å². The highest BCUT2D eigenvalue weighted by Crippen LogP contribution is 2.37.